The molecule has 0 saturated carbocycles. The number of carbonyl (C=O) groups excluding carboxylic acids is 1. The second kappa shape index (κ2) is 9.49. The summed E-state index contributed by atoms with van der Waals surface area (Å²) in [6.45, 7) is -1.23. The van der Waals surface area contributed by atoms with Crippen LogP contribution in [0, 0.1) is 0 Å². The van der Waals surface area contributed by atoms with E-state index in [2.05, 4.69) is 9.68 Å². The Morgan fingerprint density at radius 3 is 1.58 bits per heavy atom. The van der Waals surface area contributed by atoms with Gasteiger partial charge in [0.2, 0.25) is 0 Å². The van der Waals surface area contributed by atoms with Crippen molar-refractivity contribution in [1.29, 1.82) is 0 Å². The van der Waals surface area contributed by atoms with Gasteiger partial charge in [-0.3, -0.25) is 14.5 Å². The van der Waals surface area contributed by atoms with Crippen molar-refractivity contribution in [2.75, 3.05) is 27.3 Å². The average molecular weight is 496 g/mol. The zero-order chi connectivity index (χ0) is 25.1. The maximum Gasteiger partial charge on any atom is 0.462 e. The van der Waals surface area contributed by atoms with E-state index in [0.717, 1.165) is 19.5 Å². The number of hydrogen-bond donors (Lipinski definition) is 1. The minimum absolute atomic E-state index is 0.298. The second-order valence-electron chi connectivity index (χ2n) is 5.39. The Bertz CT molecular complexity index is 608. The van der Waals surface area contributed by atoms with Crippen LogP contribution in [0.3, 0.4) is 0 Å². The van der Waals surface area contributed by atoms with Crippen molar-refractivity contribution in [3.63, 3.8) is 0 Å². The molecule has 0 aliphatic heterocycles. The zero-order valence-electron chi connectivity index (χ0n) is 15.1. The third-order valence-corrected chi connectivity index (χ3v) is 3.23. The van der Waals surface area contributed by atoms with Crippen LogP contribution in [0.4, 0.5) is 57.1 Å². The lowest BCUT2D eigenvalue weighted by Crippen LogP contribution is -2.65. The molecule has 1 amide bonds. The quantitative estimate of drug-likeness (QED) is 0.255. The smallest absolute Gasteiger partial charge is 0.351 e. The predicted octanol–water partition coefficient (Wildman–Crippen LogP) is 3.59. The number of halogens is 13. The highest BCUT2D eigenvalue weighted by molar-refractivity contribution is 5.84. The Morgan fingerprint density at radius 1 is 0.774 bits per heavy atom. The molecule has 0 aliphatic carbocycles. The standard InChI is InChI=1S/C12H13F13N2O4/c1-29-27(30-2)5-3-4-26-6(28)7(13,14)8(15,16)11(22,23)31-12(24,25)9(17,18)10(19,20)21/h3-5H2,1-2H3,(H,26,28). The van der Waals surface area contributed by atoms with E-state index in [1.165, 1.54) is 4.74 Å². The number of hydrogen-bond acceptors (Lipinski definition) is 5. The lowest BCUT2D eigenvalue weighted by Gasteiger charge is -2.35. The first-order chi connectivity index (χ1) is 13.6. The van der Waals surface area contributed by atoms with Crippen LogP contribution in [0.2, 0.25) is 0 Å². The summed E-state index contributed by atoms with van der Waals surface area (Å²) in [4.78, 5) is 20.1. The normalized spacial score (nSPS) is 14.8. The first-order valence-corrected chi connectivity index (χ1v) is 7.42. The molecule has 6 nitrogen and oxygen atoms in total. The molecule has 0 aromatic carbocycles. The monoisotopic (exact) mass is 496 g/mol. The van der Waals surface area contributed by atoms with Crippen molar-refractivity contribution in [1.82, 2.24) is 10.5 Å². The number of carbonyl (C=O) groups is 1. The van der Waals surface area contributed by atoms with Crippen LogP contribution in [0.5, 0.6) is 0 Å². The molecular weight excluding hydrogens is 483 g/mol. The predicted molar refractivity (Wildman–Crippen MR) is 70.2 cm³/mol. The van der Waals surface area contributed by atoms with Gasteiger partial charge in [0.25, 0.3) is 5.91 Å². The van der Waals surface area contributed by atoms with Crippen LogP contribution < -0.4 is 5.32 Å². The number of nitrogens with one attached hydrogen (secondary N) is 1. The molecule has 0 radical (unpaired) electrons. The minimum atomic E-state index is -7.48. The van der Waals surface area contributed by atoms with Gasteiger partial charge in [0, 0.05) is 6.54 Å². The van der Waals surface area contributed by atoms with Crippen LogP contribution in [-0.2, 0) is 19.2 Å². The van der Waals surface area contributed by atoms with Crippen LogP contribution in [0.25, 0.3) is 0 Å². The summed E-state index contributed by atoms with van der Waals surface area (Å²) < 4.78 is 168. The summed E-state index contributed by atoms with van der Waals surface area (Å²) in [6.07, 6.45) is -22.5. The first kappa shape index (κ1) is 29.4. The maximum atomic E-state index is 13.5. The highest BCUT2D eigenvalue weighted by atomic mass is 19.4. The largest absolute Gasteiger partial charge is 0.462 e. The molecule has 0 atom stereocenters. The van der Waals surface area contributed by atoms with E-state index in [1.807, 2.05) is 0 Å². The summed E-state index contributed by atoms with van der Waals surface area (Å²) in [7, 11) is 2.13. The molecule has 0 saturated heterocycles. The van der Waals surface area contributed by atoms with Gasteiger partial charge in [-0.15, -0.1) is 0 Å². The average Bonchev–Trinajstić information content (AvgIpc) is 2.59. The van der Waals surface area contributed by atoms with E-state index in [1.54, 1.807) is 0 Å². The van der Waals surface area contributed by atoms with Crippen molar-refractivity contribution >= 4 is 5.91 Å². The van der Waals surface area contributed by atoms with Crippen molar-refractivity contribution in [3.8, 4) is 0 Å². The maximum absolute atomic E-state index is 13.5. The van der Waals surface area contributed by atoms with E-state index >= 15 is 0 Å². The van der Waals surface area contributed by atoms with Gasteiger partial charge in [0.1, 0.15) is 0 Å². The van der Waals surface area contributed by atoms with Gasteiger partial charge < -0.3 is 5.32 Å². The minimum Gasteiger partial charge on any atom is -0.351 e. The molecule has 1 N–H and O–H groups in total. The van der Waals surface area contributed by atoms with Gasteiger partial charge in [-0.25, -0.2) is 4.74 Å². The van der Waals surface area contributed by atoms with Gasteiger partial charge in [-0.1, -0.05) is 5.23 Å². The van der Waals surface area contributed by atoms with Crippen LogP contribution in [-0.4, -0.2) is 74.6 Å². The Balaban J connectivity index is 5.48. The Labute approximate surface area is 164 Å². The molecule has 0 spiro atoms. The lowest BCUT2D eigenvalue weighted by atomic mass is 10.1. The summed E-state index contributed by atoms with van der Waals surface area (Å²) in [5.41, 5.74) is 0. The Kier molecular flexibility index (Phi) is 9.00. The number of nitrogens with zero attached hydrogens (tertiary/aromatic N) is 1. The van der Waals surface area contributed by atoms with Crippen molar-refractivity contribution in [3.05, 3.63) is 0 Å². The zero-order valence-corrected chi connectivity index (χ0v) is 15.1. The fraction of sp³-hybridized carbons (Fsp3) is 0.917. The molecule has 0 heterocycles. The highest BCUT2D eigenvalue weighted by Gasteiger charge is 2.82. The molecule has 0 bridgehead atoms. The van der Waals surface area contributed by atoms with E-state index in [-0.39, 0.29) is 6.54 Å². The van der Waals surface area contributed by atoms with Gasteiger partial charge in [0.15, 0.2) is 0 Å². The lowest BCUT2D eigenvalue weighted by molar-refractivity contribution is -0.505. The van der Waals surface area contributed by atoms with Crippen molar-refractivity contribution in [2.24, 2.45) is 0 Å². The SMILES string of the molecule is CON(CCCNC(=O)C(F)(F)C(F)(F)C(F)(F)OC(F)(F)C(F)(F)C(F)(F)F)OC. The molecule has 0 rings (SSSR count). The van der Waals surface area contributed by atoms with Gasteiger partial charge in [-0.05, 0) is 6.42 Å². The van der Waals surface area contributed by atoms with E-state index < -0.39 is 55.0 Å². The summed E-state index contributed by atoms with van der Waals surface area (Å²) in [5.74, 6) is -24.6. The third kappa shape index (κ3) is 6.01. The number of ether oxygens (including phenoxy) is 1. The van der Waals surface area contributed by atoms with Crippen LogP contribution in [0.1, 0.15) is 6.42 Å². The Morgan fingerprint density at radius 2 is 1.19 bits per heavy atom. The fourth-order valence-electron chi connectivity index (χ4n) is 1.56. The van der Waals surface area contributed by atoms with Gasteiger partial charge in [-0.2, -0.15) is 57.1 Å². The molecular formula is C12H13F13N2O4. The van der Waals surface area contributed by atoms with Gasteiger partial charge in [0.05, 0.1) is 20.8 Å². The van der Waals surface area contributed by atoms with Crippen LogP contribution in [0.15, 0.2) is 0 Å². The van der Waals surface area contributed by atoms with Crippen molar-refractivity contribution < 1.29 is 76.3 Å². The number of amides is 1. The summed E-state index contributed by atoms with van der Waals surface area (Å²) in [6, 6.07) is 0. The molecule has 0 aromatic heterocycles. The highest BCUT2D eigenvalue weighted by Crippen LogP contribution is 2.53. The molecule has 19 heteroatoms. The van der Waals surface area contributed by atoms with Crippen LogP contribution >= 0.6 is 0 Å². The summed E-state index contributed by atoms with van der Waals surface area (Å²) >= 11 is 0. The third-order valence-electron chi connectivity index (χ3n) is 3.23. The first-order valence-electron chi connectivity index (χ1n) is 7.42. The molecule has 186 valence electrons. The molecule has 0 fully saturated rings. The topological polar surface area (TPSA) is 60.0 Å². The molecule has 0 unspecified atom stereocenters. The molecule has 0 aliphatic rings. The van der Waals surface area contributed by atoms with E-state index in [4.69, 9.17) is 0 Å². The Hall–Kier alpha value is -1.60. The van der Waals surface area contributed by atoms with Crippen molar-refractivity contribution in [2.45, 2.75) is 42.6 Å². The number of alkyl halides is 13. The summed E-state index contributed by atoms with van der Waals surface area (Å²) in [5, 5.41) is 1.70. The van der Waals surface area contributed by atoms with E-state index in [9.17, 15) is 61.9 Å². The number of rotatable bonds is 12. The van der Waals surface area contributed by atoms with E-state index in [0.29, 0.717) is 5.23 Å². The fourth-order valence-corrected chi connectivity index (χ4v) is 1.56. The van der Waals surface area contributed by atoms with Gasteiger partial charge >= 0.3 is 36.2 Å². The second-order valence-corrected chi connectivity index (χ2v) is 5.39. The molecule has 0 aromatic rings. The molecule has 31 heavy (non-hydrogen) atoms. The number of hydroxylamine groups is 2.